The van der Waals surface area contributed by atoms with Crippen molar-refractivity contribution in [3.63, 3.8) is 0 Å². The van der Waals surface area contributed by atoms with Crippen molar-refractivity contribution in [2.24, 2.45) is 0 Å². The van der Waals surface area contributed by atoms with E-state index in [1.165, 1.54) is 0 Å². The molecule has 0 saturated carbocycles. The van der Waals surface area contributed by atoms with E-state index >= 15 is 0 Å². The highest BCUT2D eigenvalue weighted by Gasteiger charge is 2.30. The maximum absolute atomic E-state index is 10.0. The van der Waals surface area contributed by atoms with Crippen molar-refractivity contribution < 1.29 is 14.9 Å². The highest BCUT2D eigenvalue weighted by molar-refractivity contribution is 6.16. The minimum absolute atomic E-state index is 0.0166. The quantitative estimate of drug-likeness (QED) is 0.463. The van der Waals surface area contributed by atoms with Crippen LogP contribution in [0.1, 0.15) is 19.3 Å². The summed E-state index contributed by atoms with van der Waals surface area (Å²) in [5.74, 6) is 0. The van der Waals surface area contributed by atoms with E-state index in [2.05, 4.69) is 0 Å². The smallest absolute Gasteiger partial charge is 0.0876 e. The molecule has 1 aliphatic rings. The Morgan fingerprint density at radius 1 is 1.54 bits per heavy atom. The minimum atomic E-state index is -0.802. The van der Waals surface area contributed by atoms with Crippen molar-refractivity contribution >= 4 is 10.2 Å². The van der Waals surface area contributed by atoms with Crippen LogP contribution in [0.3, 0.4) is 0 Å². The Bertz CT molecular complexity index is 174. The lowest BCUT2D eigenvalue weighted by Crippen LogP contribution is -2.44. The van der Waals surface area contributed by atoms with Gasteiger partial charge in [0.05, 0.1) is 28.2 Å². The number of hydrogen-bond donors (Lipinski definition) is 2. The highest BCUT2D eigenvalue weighted by atomic mass is 28.1. The molecule has 0 aromatic heterocycles. The SMILES string of the molecule is OCC=CC(O)([SiH3])C1CCCCO1. The maximum atomic E-state index is 10.0. The monoisotopic (exact) mass is 202 g/mol. The number of hydrogen-bond acceptors (Lipinski definition) is 3. The van der Waals surface area contributed by atoms with Gasteiger partial charge >= 0.3 is 0 Å². The molecule has 76 valence electrons. The molecule has 2 unspecified atom stereocenters. The summed E-state index contributed by atoms with van der Waals surface area (Å²) < 4.78 is 5.49. The van der Waals surface area contributed by atoms with Crippen LogP contribution in [0.25, 0.3) is 0 Å². The zero-order chi connectivity index (χ0) is 9.73. The van der Waals surface area contributed by atoms with E-state index in [-0.39, 0.29) is 12.7 Å². The van der Waals surface area contributed by atoms with Crippen molar-refractivity contribution in [3.8, 4) is 0 Å². The fourth-order valence-electron chi connectivity index (χ4n) is 1.60. The van der Waals surface area contributed by atoms with Crippen LogP contribution >= 0.6 is 0 Å². The summed E-state index contributed by atoms with van der Waals surface area (Å²) in [4.78, 5) is 0. The van der Waals surface area contributed by atoms with Gasteiger partial charge in [-0.25, -0.2) is 0 Å². The third-order valence-electron chi connectivity index (χ3n) is 2.39. The lowest BCUT2D eigenvalue weighted by Gasteiger charge is -2.33. The topological polar surface area (TPSA) is 49.7 Å². The van der Waals surface area contributed by atoms with E-state index in [4.69, 9.17) is 9.84 Å². The van der Waals surface area contributed by atoms with Crippen LogP contribution in [0.5, 0.6) is 0 Å². The van der Waals surface area contributed by atoms with Crippen LogP contribution in [0.2, 0.25) is 0 Å². The molecule has 2 atom stereocenters. The summed E-state index contributed by atoms with van der Waals surface area (Å²) in [5, 5.41) is 17.8. The first kappa shape index (κ1) is 10.9. The van der Waals surface area contributed by atoms with Gasteiger partial charge in [-0.05, 0) is 19.3 Å². The van der Waals surface area contributed by atoms with Crippen LogP contribution in [0, 0.1) is 0 Å². The Labute approximate surface area is 81.8 Å². The molecule has 3 nitrogen and oxygen atoms in total. The van der Waals surface area contributed by atoms with E-state index in [1.54, 1.807) is 12.2 Å². The normalized spacial score (nSPS) is 29.2. The molecule has 1 rings (SSSR count). The molecule has 2 N–H and O–H groups in total. The van der Waals surface area contributed by atoms with Gasteiger partial charge in [0.2, 0.25) is 0 Å². The molecule has 13 heavy (non-hydrogen) atoms. The van der Waals surface area contributed by atoms with Gasteiger partial charge in [0.15, 0.2) is 0 Å². The number of ether oxygens (including phenoxy) is 1. The van der Waals surface area contributed by atoms with Crippen LogP contribution in [-0.2, 0) is 4.74 Å². The summed E-state index contributed by atoms with van der Waals surface area (Å²) in [5.41, 5.74) is 0. The average molecular weight is 202 g/mol. The molecule has 0 amide bonds. The molecular formula is C9H18O3Si. The summed E-state index contributed by atoms with van der Waals surface area (Å²) in [6, 6.07) is 0. The Balaban J connectivity index is 2.50. The fraction of sp³-hybridized carbons (Fsp3) is 0.778. The second kappa shape index (κ2) is 4.90. The first-order valence-corrected chi connectivity index (χ1v) is 5.79. The van der Waals surface area contributed by atoms with Crippen molar-refractivity contribution in [1.82, 2.24) is 0 Å². The molecule has 1 fully saturated rings. The van der Waals surface area contributed by atoms with Crippen molar-refractivity contribution in [2.45, 2.75) is 30.6 Å². The Morgan fingerprint density at radius 2 is 2.31 bits per heavy atom. The van der Waals surface area contributed by atoms with Gasteiger partial charge in [0.1, 0.15) is 0 Å². The van der Waals surface area contributed by atoms with E-state index in [0.29, 0.717) is 10.2 Å². The Morgan fingerprint density at radius 3 is 2.85 bits per heavy atom. The van der Waals surface area contributed by atoms with E-state index in [0.717, 1.165) is 25.9 Å². The van der Waals surface area contributed by atoms with Crippen LogP contribution in [0.4, 0.5) is 0 Å². The standard InChI is InChI=1S/C9H18O3Si/c10-6-3-5-9(11,13)8-4-1-2-7-12-8/h3,5,8,10-11H,1-2,4,6-7H2,13H3. The van der Waals surface area contributed by atoms with Gasteiger partial charge in [-0.3, -0.25) is 0 Å². The fourth-order valence-corrected chi connectivity index (χ4v) is 2.29. The molecule has 1 aliphatic heterocycles. The van der Waals surface area contributed by atoms with E-state index in [1.807, 2.05) is 0 Å². The summed E-state index contributed by atoms with van der Waals surface area (Å²) in [6.45, 7) is 0.736. The molecule has 0 bridgehead atoms. The third kappa shape index (κ3) is 3.23. The molecule has 4 heteroatoms. The predicted molar refractivity (Wildman–Crippen MR) is 54.7 cm³/mol. The van der Waals surface area contributed by atoms with Crippen LogP contribution < -0.4 is 0 Å². The van der Waals surface area contributed by atoms with Gasteiger partial charge in [-0.15, -0.1) is 0 Å². The molecule has 0 aromatic carbocycles. The Kier molecular flexibility index (Phi) is 4.12. The Hall–Kier alpha value is -0.163. The van der Waals surface area contributed by atoms with Crippen molar-refractivity contribution in [3.05, 3.63) is 12.2 Å². The molecule has 1 heterocycles. The molecule has 0 aromatic rings. The first-order chi connectivity index (χ1) is 6.17. The highest BCUT2D eigenvalue weighted by Crippen LogP contribution is 2.22. The number of aliphatic hydroxyl groups excluding tert-OH is 1. The number of rotatable bonds is 3. The second-order valence-corrected chi connectivity index (χ2v) is 5.27. The minimum Gasteiger partial charge on any atom is -0.392 e. The molecule has 0 radical (unpaired) electrons. The van der Waals surface area contributed by atoms with Gasteiger partial charge < -0.3 is 14.9 Å². The third-order valence-corrected chi connectivity index (χ3v) is 3.37. The molecule has 0 spiro atoms. The second-order valence-electron chi connectivity index (χ2n) is 3.67. The van der Waals surface area contributed by atoms with Crippen LogP contribution in [0.15, 0.2) is 12.2 Å². The molecular weight excluding hydrogens is 184 g/mol. The maximum Gasteiger partial charge on any atom is 0.0876 e. The summed E-state index contributed by atoms with van der Waals surface area (Å²) in [7, 11) is 0.636. The van der Waals surface area contributed by atoms with Gasteiger partial charge in [0, 0.05) is 6.61 Å². The van der Waals surface area contributed by atoms with E-state index < -0.39 is 5.22 Å². The van der Waals surface area contributed by atoms with E-state index in [9.17, 15) is 5.11 Å². The summed E-state index contributed by atoms with van der Waals surface area (Å²) >= 11 is 0. The lowest BCUT2D eigenvalue weighted by molar-refractivity contribution is -0.0632. The number of aliphatic hydroxyl groups is 2. The zero-order valence-corrected chi connectivity index (χ0v) is 10.1. The van der Waals surface area contributed by atoms with Gasteiger partial charge in [-0.2, -0.15) is 0 Å². The van der Waals surface area contributed by atoms with Crippen molar-refractivity contribution in [2.75, 3.05) is 13.2 Å². The largest absolute Gasteiger partial charge is 0.392 e. The molecule has 0 aliphatic carbocycles. The average Bonchev–Trinajstić information content (AvgIpc) is 2.16. The first-order valence-electron chi connectivity index (χ1n) is 4.79. The predicted octanol–water partition coefficient (Wildman–Crippen LogP) is -0.842. The van der Waals surface area contributed by atoms with Gasteiger partial charge in [0.25, 0.3) is 0 Å². The van der Waals surface area contributed by atoms with Gasteiger partial charge in [-0.1, -0.05) is 12.2 Å². The summed E-state index contributed by atoms with van der Waals surface area (Å²) in [6.07, 6.45) is 6.35. The molecule has 1 saturated heterocycles. The van der Waals surface area contributed by atoms with Crippen molar-refractivity contribution in [1.29, 1.82) is 0 Å². The zero-order valence-electron chi connectivity index (χ0n) is 8.07. The lowest BCUT2D eigenvalue weighted by atomic mass is 10.0. The van der Waals surface area contributed by atoms with Crippen LogP contribution in [-0.4, -0.2) is 45.0 Å².